The Bertz CT molecular complexity index is 2450. The molecule has 4 aromatic carbocycles. The lowest BCUT2D eigenvalue weighted by molar-refractivity contribution is -0.164. The summed E-state index contributed by atoms with van der Waals surface area (Å²) in [5.74, 6) is -1.76. The number of benzene rings is 4. The van der Waals surface area contributed by atoms with E-state index < -0.39 is 46.9 Å². The summed E-state index contributed by atoms with van der Waals surface area (Å²) in [6.07, 6.45) is -1.41. The minimum Gasteiger partial charge on any atom is -0.452 e. The van der Waals surface area contributed by atoms with E-state index in [4.69, 9.17) is 26.8 Å². The van der Waals surface area contributed by atoms with E-state index in [0.717, 1.165) is 39.1 Å². The number of hydrogen-bond acceptors (Lipinski definition) is 14. The lowest BCUT2D eigenvalue weighted by Crippen LogP contribution is -2.74. The van der Waals surface area contributed by atoms with Crippen molar-refractivity contribution in [3.63, 3.8) is 0 Å². The third-order valence-corrected chi connectivity index (χ3v) is 13.9. The van der Waals surface area contributed by atoms with Gasteiger partial charge in [-0.1, -0.05) is 145 Å². The first-order valence-corrected chi connectivity index (χ1v) is 22.3. The molecular weight excluding hydrogens is 856 g/mol. The fraction of sp³-hybridized carbons (Fsp3) is 0.209. The van der Waals surface area contributed by atoms with E-state index in [-0.39, 0.29) is 46.4 Å². The number of esters is 2. The largest absolute Gasteiger partial charge is 0.452 e. The first-order chi connectivity index (χ1) is 29.7. The van der Waals surface area contributed by atoms with Crippen LogP contribution in [-0.4, -0.2) is 83.3 Å². The lowest BCUT2D eigenvalue weighted by Gasteiger charge is -2.54. The summed E-state index contributed by atoms with van der Waals surface area (Å²) in [6, 6.07) is 36.8. The van der Waals surface area contributed by atoms with Crippen LogP contribution in [0, 0.1) is 5.41 Å². The van der Waals surface area contributed by atoms with Gasteiger partial charge < -0.3 is 25.4 Å². The molecule has 6 aromatic rings. The topological polar surface area (TPSA) is 185 Å². The van der Waals surface area contributed by atoms with Crippen molar-refractivity contribution in [2.45, 2.75) is 35.3 Å². The molecule has 2 aromatic heterocycles. The fourth-order valence-corrected chi connectivity index (χ4v) is 10.5. The number of carbonyl (C=O) groups excluding carboxylic acids is 4. The van der Waals surface area contributed by atoms with Crippen LogP contribution >= 0.6 is 46.5 Å². The second-order valence-corrected chi connectivity index (χ2v) is 17.4. The van der Waals surface area contributed by atoms with Gasteiger partial charge in [0.1, 0.15) is 23.4 Å². The Morgan fingerprint density at radius 1 is 0.885 bits per heavy atom. The van der Waals surface area contributed by atoms with E-state index in [2.05, 4.69) is 25.8 Å². The van der Waals surface area contributed by atoms with Gasteiger partial charge >= 0.3 is 11.9 Å². The van der Waals surface area contributed by atoms with E-state index in [1.165, 1.54) is 28.2 Å². The number of thiazole rings is 1. The molecule has 3 atom stereocenters. The van der Waals surface area contributed by atoms with Gasteiger partial charge in [-0.15, -0.1) is 28.2 Å². The van der Waals surface area contributed by atoms with E-state index >= 15 is 0 Å². The SMILES string of the molecule is Nc1nc(C(=CCl)C(=O)NC2C(=O)N3CC(CSc4nnnn4CC(=O)OC(c4ccccc4)c4ccccc4)(C(=O)OC(c4ccccc4)c4ccccc4)CS[C@H]23)cs1. The normalized spacial score (nSPS) is 18.6. The van der Waals surface area contributed by atoms with Gasteiger partial charge in [0.2, 0.25) is 11.1 Å². The molecule has 4 heterocycles. The number of hydrogen-bond donors (Lipinski definition) is 2. The number of rotatable bonds is 15. The fourth-order valence-electron chi connectivity index (χ4n) is 7.04. The number of amides is 2. The minimum atomic E-state index is -1.28. The Morgan fingerprint density at radius 2 is 1.44 bits per heavy atom. The number of halogens is 1. The van der Waals surface area contributed by atoms with Crippen LogP contribution in [0.1, 0.15) is 40.2 Å². The molecule has 61 heavy (non-hydrogen) atoms. The molecule has 2 saturated heterocycles. The summed E-state index contributed by atoms with van der Waals surface area (Å²) in [6.45, 7) is -0.319. The predicted molar refractivity (Wildman–Crippen MR) is 233 cm³/mol. The number of anilines is 1. The summed E-state index contributed by atoms with van der Waals surface area (Å²) in [4.78, 5) is 61.2. The number of aromatic nitrogens is 5. The van der Waals surface area contributed by atoms with Gasteiger partial charge in [-0.2, -0.15) is 0 Å². The van der Waals surface area contributed by atoms with Gasteiger partial charge in [-0.05, 0) is 32.7 Å². The maximum Gasteiger partial charge on any atom is 0.328 e. The molecule has 2 unspecified atom stereocenters. The number of nitrogens with zero attached hydrogens (tertiary/aromatic N) is 6. The number of nitrogen functional groups attached to an aromatic ring is 1. The molecule has 0 bridgehead atoms. The summed E-state index contributed by atoms with van der Waals surface area (Å²) in [7, 11) is 0. The average molecular weight is 893 g/mol. The molecular formula is C43H37ClN8O6S3. The van der Waals surface area contributed by atoms with E-state index in [1.54, 1.807) is 10.3 Å². The summed E-state index contributed by atoms with van der Waals surface area (Å²) in [5.41, 5.74) is 9.11. The predicted octanol–water partition coefficient (Wildman–Crippen LogP) is 6.14. The summed E-state index contributed by atoms with van der Waals surface area (Å²) >= 11 is 9.70. The quantitative estimate of drug-likeness (QED) is 0.0520. The molecule has 310 valence electrons. The maximum absolute atomic E-state index is 14.8. The number of carbonyl (C=O) groups is 4. The van der Waals surface area contributed by atoms with Crippen molar-refractivity contribution in [3.05, 3.63) is 160 Å². The first-order valence-electron chi connectivity index (χ1n) is 19.0. The third kappa shape index (κ3) is 9.19. The van der Waals surface area contributed by atoms with Crippen molar-refractivity contribution in [2.24, 2.45) is 5.41 Å². The molecule has 14 nitrogen and oxygen atoms in total. The third-order valence-electron chi connectivity index (χ3n) is 10.2. The standard InChI is InChI=1S/C43H37ClN8O6S3/c44-21-31(32-23-59-41(45)46-32)37(54)47-34-38(55)51-24-43(25-60-39(34)51,40(56)58-36(29-17-9-3-10-18-29)30-19-11-4-12-20-30)26-61-42-48-49-50-52(42)22-33(53)57-35(27-13-5-1-6-14-27)28-15-7-2-8-16-28/h1-21,23,34-36,39H,22,24-26H2,(H2,45,46)(H,47,54)/t34?,39-,43?/m1/s1. The molecule has 0 radical (unpaired) electrons. The number of tetrazole rings is 1. The molecule has 2 amide bonds. The molecule has 8 rings (SSSR count). The second kappa shape index (κ2) is 18.7. The van der Waals surface area contributed by atoms with E-state index in [9.17, 15) is 19.2 Å². The molecule has 2 fully saturated rings. The van der Waals surface area contributed by atoms with Crippen LogP contribution in [-0.2, 0) is 35.2 Å². The summed E-state index contributed by atoms with van der Waals surface area (Å²) < 4.78 is 13.8. The number of fused-ring (bicyclic) bond motifs is 1. The number of β-lactam (4-membered cyclic amide) rings is 1. The van der Waals surface area contributed by atoms with Gasteiger partial charge in [0.15, 0.2) is 17.3 Å². The Labute approximate surface area is 367 Å². The minimum absolute atomic E-state index is 0.0156. The second-order valence-electron chi connectivity index (χ2n) is 14.2. The lowest BCUT2D eigenvalue weighted by atomic mass is 9.88. The molecule has 18 heteroatoms. The molecule has 3 N–H and O–H groups in total. The zero-order valence-electron chi connectivity index (χ0n) is 32.2. The first kappa shape index (κ1) is 41.7. The van der Waals surface area contributed by atoms with Gasteiger partial charge in [0, 0.05) is 29.0 Å². The van der Waals surface area contributed by atoms with Crippen LogP contribution in [0.3, 0.4) is 0 Å². The molecule has 0 aliphatic carbocycles. The van der Waals surface area contributed by atoms with E-state index in [1.807, 2.05) is 121 Å². The van der Waals surface area contributed by atoms with Crippen molar-refractivity contribution in [1.29, 1.82) is 0 Å². The molecule has 2 aliphatic heterocycles. The smallest absolute Gasteiger partial charge is 0.328 e. The van der Waals surface area contributed by atoms with Crippen LogP contribution in [0.5, 0.6) is 0 Å². The van der Waals surface area contributed by atoms with Gasteiger partial charge in [0.05, 0.1) is 11.3 Å². The van der Waals surface area contributed by atoms with Crippen molar-refractivity contribution < 1.29 is 28.7 Å². The highest BCUT2D eigenvalue weighted by atomic mass is 35.5. The number of nitrogens with one attached hydrogen (secondary N) is 1. The zero-order valence-corrected chi connectivity index (χ0v) is 35.4. The maximum atomic E-state index is 14.8. The van der Waals surface area contributed by atoms with Crippen LogP contribution in [0.15, 0.2) is 137 Å². The highest BCUT2D eigenvalue weighted by Crippen LogP contribution is 2.46. The van der Waals surface area contributed by atoms with Crippen LogP contribution in [0.4, 0.5) is 5.13 Å². The van der Waals surface area contributed by atoms with E-state index in [0.29, 0.717) is 5.69 Å². The van der Waals surface area contributed by atoms with Crippen LogP contribution in [0.2, 0.25) is 0 Å². The number of nitrogens with two attached hydrogens (primary N) is 1. The van der Waals surface area contributed by atoms with Crippen LogP contribution in [0.25, 0.3) is 5.57 Å². The Morgan fingerprint density at radius 3 is 1.97 bits per heavy atom. The monoisotopic (exact) mass is 892 g/mol. The van der Waals surface area contributed by atoms with Crippen molar-refractivity contribution >= 4 is 80.9 Å². The molecule has 0 spiro atoms. The van der Waals surface area contributed by atoms with Gasteiger partial charge in [-0.3, -0.25) is 19.2 Å². The van der Waals surface area contributed by atoms with Crippen LogP contribution < -0.4 is 11.1 Å². The molecule has 0 saturated carbocycles. The van der Waals surface area contributed by atoms with Crippen molar-refractivity contribution in [3.8, 4) is 0 Å². The highest BCUT2D eigenvalue weighted by molar-refractivity contribution is 8.00. The number of ether oxygens (including phenoxy) is 2. The molecule has 2 aliphatic rings. The van der Waals surface area contributed by atoms with Crippen molar-refractivity contribution in [1.82, 2.24) is 35.4 Å². The number of thioether (sulfide) groups is 2. The zero-order chi connectivity index (χ0) is 42.3. The van der Waals surface area contributed by atoms with Gasteiger partial charge in [-0.25, -0.2) is 9.67 Å². The average Bonchev–Trinajstić information content (AvgIpc) is 3.94. The summed E-state index contributed by atoms with van der Waals surface area (Å²) in [5, 5.41) is 16.6. The van der Waals surface area contributed by atoms with Crippen molar-refractivity contribution in [2.75, 3.05) is 23.8 Å². The highest BCUT2D eigenvalue weighted by Gasteiger charge is 2.58. The Kier molecular flexibility index (Phi) is 12.8. The Hall–Kier alpha value is -6.01. The van der Waals surface area contributed by atoms with Gasteiger partial charge in [0.25, 0.3) is 5.91 Å². The Balaban J connectivity index is 1.02.